The summed E-state index contributed by atoms with van der Waals surface area (Å²) in [5.41, 5.74) is 1.06. The maximum absolute atomic E-state index is 12.0. The molecule has 1 heterocycles. The number of ether oxygens (including phenoxy) is 2. The minimum atomic E-state index is 0.0166. The maximum Gasteiger partial charge on any atom is 0.220 e. The van der Waals surface area contributed by atoms with E-state index in [2.05, 4.69) is 17.6 Å². The van der Waals surface area contributed by atoms with E-state index in [9.17, 15) is 4.79 Å². The van der Waals surface area contributed by atoms with Crippen LogP contribution in [0.4, 0.5) is 0 Å². The summed E-state index contributed by atoms with van der Waals surface area (Å²) in [5, 5.41) is 6.13. The molecule has 1 amide bonds. The molecule has 1 aromatic carbocycles. The van der Waals surface area contributed by atoms with E-state index in [0.717, 1.165) is 36.4 Å². The van der Waals surface area contributed by atoms with Gasteiger partial charge in [-0.15, -0.1) is 0 Å². The number of hydrogen-bond donors (Lipinski definition) is 2. The molecular formula is C16H24N2O3. The lowest BCUT2D eigenvalue weighted by Crippen LogP contribution is -2.28. The normalized spacial score (nSPS) is 14.6. The first-order chi connectivity index (χ1) is 10.2. The van der Waals surface area contributed by atoms with Gasteiger partial charge in [0.1, 0.15) is 13.2 Å². The van der Waals surface area contributed by atoms with Gasteiger partial charge < -0.3 is 20.1 Å². The second kappa shape index (κ2) is 7.88. The van der Waals surface area contributed by atoms with Crippen LogP contribution in [0, 0.1) is 0 Å². The Morgan fingerprint density at radius 3 is 2.76 bits per heavy atom. The molecule has 0 aliphatic carbocycles. The number of carbonyl (C=O) groups is 1. The van der Waals surface area contributed by atoms with E-state index in [0.29, 0.717) is 19.6 Å². The van der Waals surface area contributed by atoms with Crippen molar-refractivity contribution in [1.82, 2.24) is 10.6 Å². The number of fused-ring (bicyclic) bond motifs is 1. The Hall–Kier alpha value is -1.75. The van der Waals surface area contributed by atoms with Crippen molar-refractivity contribution in [2.24, 2.45) is 0 Å². The van der Waals surface area contributed by atoms with Crippen LogP contribution in [0.2, 0.25) is 0 Å². The van der Waals surface area contributed by atoms with E-state index in [4.69, 9.17) is 9.47 Å². The fourth-order valence-corrected chi connectivity index (χ4v) is 2.39. The lowest BCUT2D eigenvalue weighted by atomic mass is 10.0. The molecule has 1 unspecified atom stereocenters. The predicted octanol–water partition coefficient (Wildman–Crippen LogP) is 2.02. The molecule has 21 heavy (non-hydrogen) atoms. The Morgan fingerprint density at radius 2 is 2.05 bits per heavy atom. The smallest absolute Gasteiger partial charge is 0.220 e. The first kappa shape index (κ1) is 15.6. The van der Waals surface area contributed by atoms with Gasteiger partial charge in [0.05, 0.1) is 6.04 Å². The lowest BCUT2D eigenvalue weighted by Gasteiger charge is -2.22. The van der Waals surface area contributed by atoms with Crippen LogP contribution >= 0.6 is 0 Å². The minimum absolute atomic E-state index is 0.0166. The summed E-state index contributed by atoms with van der Waals surface area (Å²) >= 11 is 0. The summed E-state index contributed by atoms with van der Waals surface area (Å²) in [5.74, 6) is 1.63. The highest BCUT2D eigenvalue weighted by atomic mass is 16.6. The molecule has 1 aliphatic rings. The van der Waals surface area contributed by atoms with Crippen molar-refractivity contribution in [2.45, 2.75) is 32.2 Å². The summed E-state index contributed by atoms with van der Waals surface area (Å²) in [6, 6.07) is 5.90. The molecular weight excluding hydrogens is 268 g/mol. The Morgan fingerprint density at radius 1 is 1.29 bits per heavy atom. The van der Waals surface area contributed by atoms with E-state index in [1.165, 1.54) is 0 Å². The zero-order chi connectivity index (χ0) is 15.1. The predicted molar refractivity (Wildman–Crippen MR) is 81.8 cm³/mol. The third-order valence-corrected chi connectivity index (χ3v) is 3.54. The molecule has 2 rings (SSSR count). The molecule has 0 bridgehead atoms. The van der Waals surface area contributed by atoms with Crippen LogP contribution < -0.4 is 20.1 Å². The fraction of sp³-hybridized carbons (Fsp3) is 0.562. The second-order valence-electron chi connectivity index (χ2n) is 5.14. The topological polar surface area (TPSA) is 59.6 Å². The van der Waals surface area contributed by atoms with Crippen LogP contribution in [0.3, 0.4) is 0 Å². The summed E-state index contributed by atoms with van der Waals surface area (Å²) in [7, 11) is 1.89. The van der Waals surface area contributed by atoms with Gasteiger partial charge in [0.25, 0.3) is 0 Å². The molecule has 2 N–H and O–H groups in total. The molecule has 0 radical (unpaired) electrons. The highest BCUT2D eigenvalue weighted by Gasteiger charge is 2.17. The monoisotopic (exact) mass is 292 g/mol. The Bertz CT molecular complexity index is 477. The van der Waals surface area contributed by atoms with Gasteiger partial charge in [0.15, 0.2) is 11.5 Å². The Balaban J connectivity index is 1.98. The van der Waals surface area contributed by atoms with Crippen LogP contribution in [-0.2, 0) is 4.79 Å². The van der Waals surface area contributed by atoms with Gasteiger partial charge in [-0.1, -0.05) is 13.0 Å². The van der Waals surface area contributed by atoms with E-state index in [-0.39, 0.29) is 11.9 Å². The number of benzene rings is 1. The van der Waals surface area contributed by atoms with Crippen molar-refractivity contribution in [1.29, 1.82) is 0 Å². The van der Waals surface area contributed by atoms with Gasteiger partial charge >= 0.3 is 0 Å². The van der Waals surface area contributed by atoms with E-state index < -0.39 is 0 Å². The van der Waals surface area contributed by atoms with Crippen molar-refractivity contribution in [3.63, 3.8) is 0 Å². The minimum Gasteiger partial charge on any atom is -0.486 e. The molecule has 116 valence electrons. The molecule has 0 fully saturated rings. The van der Waals surface area contributed by atoms with Crippen LogP contribution in [0.15, 0.2) is 18.2 Å². The number of nitrogens with one attached hydrogen (secondary N) is 2. The standard InChI is InChI=1S/C16H24N2O3/c1-3-13(18-16(19)5-4-8-17-2)12-6-7-14-15(11-12)21-10-9-20-14/h6-7,11,13,17H,3-5,8-10H2,1-2H3,(H,18,19). The van der Waals surface area contributed by atoms with Gasteiger partial charge in [-0.3, -0.25) is 4.79 Å². The molecule has 5 nitrogen and oxygen atoms in total. The van der Waals surface area contributed by atoms with Crippen molar-refractivity contribution >= 4 is 5.91 Å². The Kier molecular flexibility index (Phi) is 5.87. The van der Waals surface area contributed by atoms with Gasteiger partial charge in [0, 0.05) is 6.42 Å². The van der Waals surface area contributed by atoms with Gasteiger partial charge in [0.2, 0.25) is 5.91 Å². The summed E-state index contributed by atoms with van der Waals surface area (Å²) in [6.07, 6.45) is 2.24. The van der Waals surface area contributed by atoms with Crippen molar-refractivity contribution < 1.29 is 14.3 Å². The third kappa shape index (κ3) is 4.36. The molecule has 1 aromatic rings. The second-order valence-corrected chi connectivity index (χ2v) is 5.14. The van der Waals surface area contributed by atoms with Gasteiger partial charge in [-0.25, -0.2) is 0 Å². The van der Waals surface area contributed by atoms with E-state index in [1.54, 1.807) is 0 Å². The lowest BCUT2D eigenvalue weighted by molar-refractivity contribution is -0.121. The zero-order valence-electron chi connectivity index (χ0n) is 12.8. The van der Waals surface area contributed by atoms with Crippen molar-refractivity contribution in [2.75, 3.05) is 26.8 Å². The zero-order valence-corrected chi connectivity index (χ0v) is 12.8. The van der Waals surface area contributed by atoms with Crippen molar-refractivity contribution in [3.8, 4) is 11.5 Å². The molecule has 0 aromatic heterocycles. The molecule has 5 heteroatoms. The van der Waals surface area contributed by atoms with Crippen LogP contribution in [0.5, 0.6) is 11.5 Å². The number of amides is 1. The SMILES string of the molecule is CCC(NC(=O)CCCNC)c1ccc2c(c1)OCCO2. The van der Waals surface area contributed by atoms with E-state index in [1.807, 2.05) is 25.2 Å². The molecule has 0 saturated heterocycles. The maximum atomic E-state index is 12.0. The number of carbonyl (C=O) groups excluding carboxylic acids is 1. The average Bonchev–Trinajstić information content (AvgIpc) is 2.52. The fourth-order valence-electron chi connectivity index (χ4n) is 2.39. The van der Waals surface area contributed by atoms with Crippen molar-refractivity contribution in [3.05, 3.63) is 23.8 Å². The van der Waals surface area contributed by atoms with Crippen LogP contribution in [0.25, 0.3) is 0 Å². The third-order valence-electron chi connectivity index (χ3n) is 3.54. The van der Waals surface area contributed by atoms with Gasteiger partial charge in [-0.2, -0.15) is 0 Å². The molecule has 1 atom stereocenters. The highest BCUT2D eigenvalue weighted by molar-refractivity contribution is 5.76. The van der Waals surface area contributed by atoms with E-state index >= 15 is 0 Å². The number of hydrogen-bond acceptors (Lipinski definition) is 4. The summed E-state index contributed by atoms with van der Waals surface area (Å²) in [6.45, 7) is 4.08. The molecule has 0 saturated carbocycles. The van der Waals surface area contributed by atoms with Crippen LogP contribution in [0.1, 0.15) is 37.8 Å². The average molecular weight is 292 g/mol. The Labute approximate surface area is 126 Å². The van der Waals surface area contributed by atoms with Gasteiger partial charge in [-0.05, 0) is 44.1 Å². The highest BCUT2D eigenvalue weighted by Crippen LogP contribution is 2.33. The first-order valence-electron chi connectivity index (χ1n) is 7.58. The molecule has 1 aliphatic heterocycles. The summed E-state index contributed by atoms with van der Waals surface area (Å²) < 4.78 is 11.1. The summed E-state index contributed by atoms with van der Waals surface area (Å²) in [4.78, 5) is 12.0. The largest absolute Gasteiger partial charge is 0.486 e. The van der Waals surface area contributed by atoms with Crippen LogP contribution in [-0.4, -0.2) is 32.7 Å². The number of rotatable bonds is 7. The molecule has 0 spiro atoms. The first-order valence-corrected chi connectivity index (χ1v) is 7.58. The quantitative estimate of drug-likeness (QED) is 0.755.